The quantitative estimate of drug-likeness (QED) is 0.906. The number of aryl methyl sites for hydroxylation is 1. The Bertz CT molecular complexity index is 557. The molecule has 20 heavy (non-hydrogen) atoms. The van der Waals surface area contributed by atoms with Crippen LogP contribution in [0, 0.1) is 6.92 Å². The lowest BCUT2D eigenvalue weighted by Crippen LogP contribution is -2.12. The molecule has 0 saturated carbocycles. The second-order valence-corrected chi connectivity index (χ2v) is 4.98. The maximum Gasteiger partial charge on any atom is 0.226 e. The lowest BCUT2D eigenvalue weighted by molar-refractivity contribution is 0.232. The second kappa shape index (κ2) is 6.32. The van der Waals surface area contributed by atoms with Crippen molar-refractivity contribution in [3.05, 3.63) is 41.9 Å². The number of hydrogen-bond donors (Lipinski definition) is 1. The van der Waals surface area contributed by atoms with Gasteiger partial charge in [-0.15, -0.1) is 0 Å². The average molecular weight is 272 g/mol. The predicted octanol–water partition coefficient (Wildman–Crippen LogP) is 3.14. The van der Waals surface area contributed by atoms with Gasteiger partial charge in [0.15, 0.2) is 0 Å². The minimum Gasteiger partial charge on any atom is -0.475 e. The van der Waals surface area contributed by atoms with E-state index >= 15 is 0 Å². The van der Waals surface area contributed by atoms with Crippen LogP contribution < -0.4 is 10.1 Å². The number of pyridine rings is 1. The Morgan fingerprint density at radius 1 is 1.10 bits per heavy atom. The molecule has 0 aromatic carbocycles. The Labute approximate surface area is 119 Å². The minimum atomic E-state index is 0.0924. The fraction of sp³-hybridized carbons (Fsp3) is 0.400. The lowest BCUT2D eigenvalue weighted by Gasteiger charge is -2.16. The van der Waals surface area contributed by atoms with Crippen molar-refractivity contribution in [3.63, 3.8) is 0 Å². The monoisotopic (exact) mass is 272 g/mol. The molecule has 5 nitrogen and oxygen atoms in total. The zero-order chi connectivity index (χ0) is 14.5. The van der Waals surface area contributed by atoms with Crippen LogP contribution in [0.1, 0.15) is 38.1 Å². The average Bonchev–Trinajstić information content (AvgIpc) is 2.38. The molecule has 1 N–H and O–H groups in total. The molecule has 0 amide bonds. The van der Waals surface area contributed by atoms with Crippen molar-refractivity contribution >= 4 is 5.95 Å². The molecule has 0 spiro atoms. The van der Waals surface area contributed by atoms with Crippen molar-refractivity contribution in [2.24, 2.45) is 0 Å². The molecule has 2 rings (SSSR count). The fourth-order valence-electron chi connectivity index (χ4n) is 1.84. The lowest BCUT2D eigenvalue weighted by atomic mass is 10.1. The van der Waals surface area contributed by atoms with Crippen molar-refractivity contribution in [2.45, 2.75) is 39.8 Å². The molecule has 0 fully saturated rings. The molecule has 2 aromatic rings. The third-order valence-corrected chi connectivity index (χ3v) is 2.74. The number of nitrogens with zero attached hydrogens (tertiary/aromatic N) is 3. The third-order valence-electron chi connectivity index (χ3n) is 2.74. The standard InChI is InChI=1S/C15H20N4O/c1-10(2)20-14-9-11(3)17-15(19-14)18-12(4)13-5-7-16-8-6-13/h5-10,12H,1-4H3,(H,17,18,19). The first-order chi connectivity index (χ1) is 9.54. The molecule has 0 bridgehead atoms. The van der Waals surface area contributed by atoms with Gasteiger partial charge in [0.1, 0.15) is 0 Å². The smallest absolute Gasteiger partial charge is 0.226 e. The van der Waals surface area contributed by atoms with Gasteiger partial charge in [0, 0.05) is 24.2 Å². The van der Waals surface area contributed by atoms with Crippen LogP contribution >= 0.6 is 0 Å². The molecule has 1 atom stereocenters. The molecular weight excluding hydrogens is 252 g/mol. The van der Waals surface area contributed by atoms with E-state index in [4.69, 9.17) is 4.74 Å². The van der Waals surface area contributed by atoms with E-state index in [-0.39, 0.29) is 12.1 Å². The molecule has 106 valence electrons. The topological polar surface area (TPSA) is 59.9 Å². The van der Waals surface area contributed by atoms with Crippen LogP contribution in [0.2, 0.25) is 0 Å². The largest absolute Gasteiger partial charge is 0.475 e. The third kappa shape index (κ3) is 3.91. The number of anilines is 1. The first-order valence-corrected chi connectivity index (χ1v) is 6.73. The van der Waals surface area contributed by atoms with Crippen molar-refractivity contribution in [2.75, 3.05) is 5.32 Å². The van der Waals surface area contributed by atoms with Crippen LogP contribution in [-0.4, -0.2) is 21.1 Å². The first-order valence-electron chi connectivity index (χ1n) is 6.73. The number of hydrogen-bond acceptors (Lipinski definition) is 5. The van der Waals surface area contributed by atoms with E-state index < -0.39 is 0 Å². The second-order valence-electron chi connectivity index (χ2n) is 4.98. The van der Waals surface area contributed by atoms with Crippen LogP contribution in [-0.2, 0) is 0 Å². The Hall–Kier alpha value is -2.17. The molecule has 2 heterocycles. The molecule has 0 aliphatic carbocycles. The van der Waals surface area contributed by atoms with E-state index in [1.807, 2.05) is 39.0 Å². The highest BCUT2D eigenvalue weighted by molar-refractivity contribution is 5.34. The van der Waals surface area contributed by atoms with Gasteiger partial charge >= 0.3 is 0 Å². The van der Waals surface area contributed by atoms with Gasteiger partial charge in [-0.2, -0.15) is 4.98 Å². The first kappa shape index (κ1) is 14.2. The summed E-state index contributed by atoms with van der Waals surface area (Å²) in [4.78, 5) is 12.8. The molecule has 0 aliphatic heterocycles. The van der Waals surface area contributed by atoms with Crippen molar-refractivity contribution < 1.29 is 4.74 Å². The Kier molecular flexibility index (Phi) is 4.50. The van der Waals surface area contributed by atoms with Crippen molar-refractivity contribution in [1.29, 1.82) is 0 Å². The van der Waals surface area contributed by atoms with Crippen LogP contribution in [0.15, 0.2) is 30.6 Å². The van der Waals surface area contributed by atoms with Gasteiger partial charge in [0.2, 0.25) is 11.8 Å². The van der Waals surface area contributed by atoms with Crippen LogP contribution in [0.25, 0.3) is 0 Å². The van der Waals surface area contributed by atoms with Gasteiger partial charge in [-0.25, -0.2) is 4.98 Å². The van der Waals surface area contributed by atoms with Gasteiger partial charge in [-0.05, 0) is 45.4 Å². The predicted molar refractivity (Wildman–Crippen MR) is 78.8 cm³/mol. The summed E-state index contributed by atoms with van der Waals surface area (Å²) < 4.78 is 5.62. The highest BCUT2D eigenvalue weighted by atomic mass is 16.5. The maximum absolute atomic E-state index is 5.62. The summed E-state index contributed by atoms with van der Waals surface area (Å²) in [6.07, 6.45) is 3.64. The van der Waals surface area contributed by atoms with E-state index in [1.165, 1.54) is 0 Å². The van der Waals surface area contributed by atoms with E-state index in [2.05, 4.69) is 27.2 Å². The SMILES string of the molecule is Cc1cc(OC(C)C)nc(NC(C)c2ccncc2)n1. The minimum absolute atomic E-state index is 0.0924. The molecule has 0 radical (unpaired) electrons. The normalized spacial score (nSPS) is 12.2. The number of aromatic nitrogens is 3. The van der Waals surface area contributed by atoms with Gasteiger partial charge in [-0.1, -0.05) is 0 Å². The molecule has 0 saturated heterocycles. The summed E-state index contributed by atoms with van der Waals surface area (Å²) in [5.41, 5.74) is 2.01. The highest BCUT2D eigenvalue weighted by Crippen LogP contribution is 2.19. The Balaban J connectivity index is 2.14. The zero-order valence-corrected chi connectivity index (χ0v) is 12.3. The summed E-state index contributed by atoms with van der Waals surface area (Å²) in [5, 5.41) is 3.28. The summed E-state index contributed by atoms with van der Waals surface area (Å²) in [7, 11) is 0. The highest BCUT2D eigenvalue weighted by Gasteiger charge is 2.09. The molecule has 2 aromatic heterocycles. The van der Waals surface area contributed by atoms with Crippen LogP contribution in [0.4, 0.5) is 5.95 Å². The number of ether oxygens (including phenoxy) is 1. The zero-order valence-electron chi connectivity index (χ0n) is 12.3. The summed E-state index contributed by atoms with van der Waals surface area (Å²) >= 11 is 0. The van der Waals surface area contributed by atoms with Crippen LogP contribution in [0.3, 0.4) is 0 Å². The van der Waals surface area contributed by atoms with E-state index in [0.29, 0.717) is 11.8 Å². The summed E-state index contributed by atoms with van der Waals surface area (Å²) in [5.74, 6) is 1.17. The molecular formula is C15H20N4O. The fourth-order valence-corrected chi connectivity index (χ4v) is 1.84. The number of nitrogens with one attached hydrogen (secondary N) is 1. The van der Waals surface area contributed by atoms with Crippen molar-refractivity contribution in [1.82, 2.24) is 15.0 Å². The van der Waals surface area contributed by atoms with Gasteiger partial charge < -0.3 is 10.1 Å². The Morgan fingerprint density at radius 2 is 1.80 bits per heavy atom. The summed E-state index contributed by atoms with van der Waals surface area (Å²) in [6.45, 7) is 7.94. The summed E-state index contributed by atoms with van der Waals surface area (Å²) in [6, 6.07) is 5.88. The molecule has 0 aliphatic rings. The van der Waals surface area contributed by atoms with E-state index in [9.17, 15) is 0 Å². The van der Waals surface area contributed by atoms with Crippen LogP contribution in [0.5, 0.6) is 5.88 Å². The van der Waals surface area contributed by atoms with E-state index in [1.54, 1.807) is 12.4 Å². The molecule has 5 heteroatoms. The molecule has 1 unspecified atom stereocenters. The van der Waals surface area contributed by atoms with Gasteiger partial charge in [0.25, 0.3) is 0 Å². The Morgan fingerprint density at radius 3 is 2.45 bits per heavy atom. The number of rotatable bonds is 5. The van der Waals surface area contributed by atoms with Gasteiger partial charge in [0.05, 0.1) is 12.1 Å². The van der Waals surface area contributed by atoms with Gasteiger partial charge in [-0.3, -0.25) is 4.98 Å². The van der Waals surface area contributed by atoms with E-state index in [0.717, 1.165) is 11.3 Å². The maximum atomic E-state index is 5.62. The van der Waals surface area contributed by atoms with Crippen molar-refractivity contribution in [3.8, 4) is 5.88 Å².